The molecule has 2 aromatic carbocycles. The molecule has 25 heavy (non-hydrogen) atoms. The highest BCUT2D eigenvalue weighted by Gasteiger charge is 2.23. The molecule has 2 unspecified atom stereocenters. The molecule has 0 bridgehead atoms. The van der Waals surface area contributed by atoms with Crippen LogP contribution in [0.4, 0.5) is 0 Å². The molecule has 1 N–H and O–H groups in total. The van der Waals surface area contributed by atoms with Crippen LogP contribution in [0.15, 0.2) is 59.1 Å². The molecule has 1 saturated heterocycles. The molecule has 1 heterocycles. The lowest BCUT2D eigenvalue weighted by Gasteiger charge is -2.34. The van der Waals surface area contributed by atoms with Gasteiger partial charge in [0.2, 0.25) is 0 Å². The summed E-state index contributed by atoms with van der Waals surface area (Å²) >= 11 is 3.50. The van der Waals surface area contributed by atoms with Crippen LogP contribution in [0.3, 0.4) is 0 Å². The summed E-state index contributed by atoms with van der Waals surface area (Å²) in [5, 5.41) is 10.2. The van der Waals surface area contributed by atoms with Crippen molar-refractivity contribution >= 4 is 28.3 Å². The van der Waals surface area contributed by atoms with Crippen molar-refractivity contribution < 1.29 is 14.6 Å². The van der Waals surface area contributed by atoms with E-state index >= 15 is 0 Å². The third-order valence-corrected chi connectivity index (χ3v) is 4.52. The van der Waals surface area contributed by atoms with Gasteiger partial charge in [-0.1, -0.05) is 46.3 Å². The first kappa shape index (κ1) is 20.2. The third kappa shape index (κ3) is 6.28. The van der Waals surface area contributed by atoms with E-state index in [2.05, 4.69) is 33.0 Å². The maximum atomic E-state index is 10.2. The Balaban J connectivity index is 0.00000225. The molecule has 0 saturated carbocycles. The van der Waals surface area contributed by atoms with E-state index in [1.54, 1.807) is 0 Å². The first-order valence-corrected chi connectivity index (χ1v) is 8.95. The minimum absolute atomic E-state index is 0. The van der Waals surface area contributed by atoms with Gasteiger partial charge in [-0.2, -0.15) is 0 Å². The van der Waals surface area contributed by atoms with Crippen molar-refractivity contribution in [3.05, 3.63) is 64.6 Å². The summed E-state index contributed by atoms with van der Waals surface area (Å²) in [4.78, 5) is 2.23. The number of morpholine rings is 1. The molecule has 0 amide bonds. The van der Waals surface area contributed by atoms with Gasteiger partial charge >= 0.3 is 0 Å². The first-order valence-electron chi connectivity index (χ1n) is 8.16. The SMILES string of the molecule is Cl.OC(COc1ccccc1)CN1CCOC(c2cccc(Br)c2)C1. The van der Waals surface area contributed by atoms with Crippen molar-refractivity contribution in [3.8, 4) is 5.75 Å². The van der Waals surface area contributed by atoms with Crippen LogP contribution in [0.25, 0.3) is 0 Å². The molecule has 0 spiro atoms. The van der Waals surface area contributed by atoms with Gasteiger partial charge in [-0.05, 0) is 29.8 Å². The Labute approximate surface area is 163 Å². The van der Waals surface area contributed by atoms with E-state index in [0.29, 0.717) is 19.8 Å². The molecule has 2 atom stereocenters. The maximum Gasteiger partial charge on any atom is 0.119 e. The number of nitrogens with zero attached hydrogens (tertiary/aromatic N) is 1. The predicted molar refractivity (Wildman–Crippen MR) is 104 cm³/mol. The second-order valence-corrected chi connectivity index (χ2v) is 6.87. The summed E-state index contributed by atoms with van der Waals surface area (Å²) in [6, 6.07) is 17.8. The van der Waals surface area contributed by atoms with E-state index in [-0.39, 0.29) is 18.5 Å². The van der Waals surface area contributed by atoms with Crippen LogP contribution in [-0.4, -0.2) is 49.0 Å². The zero-order chi connectivity index (χ0) is 16.8. The predicted octanol–water partition coefficient (Wildman–Crippen LogP) is 3.68. The molecule has 136 valence electrons. The molecule has 1 aliphatic rings. The van der Waals surface area contributed by atoms with Gasteiger partial charge in [0.15, 0.2) is 0 Å². The Morgan fingerprint density at radius 1 is 1.20 bits per heavy atom. The number of halogens is 2. The van der Waals surface area contributed by atoms with Gasteiger partial charge in [-0.15, -0.1) is 12.4 Å². The zero-order valence-electron chi connectivity index (χ0n) is 13.9. The van der Waals surface area contributed by atoms with Crippen LogP contribution in [0, 0.1) is 0 Å². The largest absolute Gasteiger partial charge is 0.491 e. The van der Waals surface area contributed by atoms with Crippen molar-refractivity contribution in [3.63, 3.8) is 0 Å². The Morgan fingerprint density at radius 3 is 2.76 bits per heavy atom. The van der Waals surface area contributed by atoms with Gasteiger partial charge in [0.05, 0.1) is 12.7 Å². The number of para-hydroxylation sites is 1. The van der Waals surface area contributed by atoms with Gasteiger partial charge < -0.3 is 14.6 Å². The van der Waals surface area contributed by atoms with Crippen molar-refractivity contribution in [1.29, 1.82) is 0 Å². The highest BCUT2D eigenvalue weighted by atomic mass is 79.9. The molecular weight excluding hydrogens is 406 g/mol. The number of aliphatic hydroxyl groups excluding tert-OH is 1. The van der Waals surface area contributed by atoms with Gasteiger partial charge in [0.25, 0.3) is 0 Å². The van der Waals surface area contributed by atoms with Crippen molar-refractivity contribution in [2.75, 3.05) is 32.8 Å². The molecule has 6 heteroatoms. The fourth-order valence-electron chi connectivity index (χ4n) is 2.84. The summed E-state index contributed by atoms with van der Waals surface area (Å²) in [6.45, 7) is 3.15. The van der Waals surface area contributed by atoms with E-state index in [1.807, 2.05) is 42.5 Å². The lowest BCUT2D eigenvalue weighted by molar-refractivity contribution is -0.0459. The van der Waals surface area contributed by atoms with Gasteiger partial charge in [0, 0.05) is 24.1 Å². The summed E-state index contributed by atoms with van der Waals surface area (Å²) in [6.07, 6.45) is -0.482. The van der Waals surface area contributed by atoms with Crippen LogP contribution >= 0.6 is 28.3 Å². The maximum absolute atomic E-state index is 10.2. The van der Waals surface area contributed by atoms with E-state index in [9.17, 15) is 5.11 Å². The second kappa shape index (κ2) is 10.1. The standard InChI is InChI=1S/C19H22BrNO3.ClH/c20-16-6-4-5-15(11-16)19-13-21(9-10-23-19)12-17(22)14-24-18-7-2-1-3-8-18;/h1-8,11,17,19,22H,9-10,12-14H2;1H. The molecule has 1 aliphatic heterocycles. The molecule has 0 radical (unpaired) electrons. The topological polar surface area (TPSA) is 41.9 Å². The summed E-state index contributed by atoms with van der Waals surface area (Å²) < 4.78 is 12.6. The van der Waals surface area contributed by atoms with E-state index in [4.69, 9.17) is 9.47 Å². The molecule has 4 nitrogen and oxygen atoms in total. The minimum atomic E-state index is -0.522. The lowest BCUT2D eigenvalue weighted by atomic mass is 10.1. The van der Waals surface area contributed by atoms with E-state index in [0.717, 1.165) is 28.9 Å². The fourth-order valence-corrected chi connectivity index (χ4v) is 3.25. The normalized spacial score (nSPS) is 19.0. The van der Waals surface area contributed by atoms with Crippen LogP contribution < -0.4 is 4.74 Å². The highest BCUT2D eigenvalue weighted by Crippen LogP contribution is 2.24. The molecule has 0 aliphatic carbocycles. The van der Waals surface area contributed by atoms with Gasteiger partial charge in [-0.25, -0.2) is 0 Å². The summed E-state index contributed by atoms with van der Waals surface area (Å²) in [5.74, 6) is 0.783. The average Bonchev–Trinajstić information content (AvgIpc) is 2.61. The fraction of sp³-hybridized carbons (Fsp3) is 0.368. The number of hydrogen-bond donors (Lipinski definition) is 1. The Kier molecular flexibility index (Phi) is 8.19. The highest BCUT2D eigenvalue weighted by molar-refractivity contribution is 9.10. The quantitative estimate of drug-likeness (QED) is 0.762. The average molecular weight is 429 g/mol. The van der Waals surface area contributed by atoms with Crippen LogP contribution in [0.1, 0.15) is 11.7 Å². The number of β-amino-alcohol motifs (C(OH)–C–C–N with tert-alkyl or cyclic N) is 1. The van der Waals surface area contributed by atoms with Crippen molar-refractivity contribution in [1.82, 2.24) is 4.90 Å². The molecular formula is C19H23BrClNO3. The van der Waals surface area contributed by atoms with Crippen molar-refractivity contribution in [2.24, 2.45) is 0 Å². The summed E-state index contributed by atoms with van der Waals surface area (Å²) in [7, 11) is 0. The number of hydrogen-bond acceptors (Lipinski definition) is 4. The summed E-state index contributed by atoms with van der Waals surface area (Å²) in [5.41, 5.74) is 1.16. The third-order valence-electron chi connectivity index (χ3n) is 4.03. The van der Waals surface area contributed by atoms with Gasteiger partial charge in [0.1, 0.15) is 18.5 Å². The number of rotatable bonds is 6. The smallest absolute Gasteiger partial charge is 0.119 e. The second-order valence-electron chi connectivity index (χ2n) is 5.95. The number of ether oxygens (including phenoxy) is 2. The Bertz CT molecular complexity index is 644. The van der Waals surface area contributed by atoms with Gasteiger partial charge in [-0.3, -0.25) is 4.90 Å². The van der Waals surface area contributed by atoms with Crippen LogP contribution in [-0.2, 0) is 4.74 Å². The van der Waals surface area contributed by atoms with E-state index in [1.165, 1.54) is 0 Å². The lowest BCUT2D eigenvalue weighted by Crippen LogP contribution is -2.43. The van der Waals surface area contributed by atoms with Crippen molar-refractivity contribution in [2.45, 2.75) is 12.2 Å². The minimum Gasteiger partial charge on any atom is -0.491 e. The van der Waals surface area contributed by atoms with Crippen LogP contribution in [0.2, 0.25) is 0 Å². The zero-order valence-corrected chi connectivity index (χ0v) is 16.3. The Morgan fingerprint density at radius 2 is 2.00 bits per heavy atom. The molecule has 0 aromatic heterocycles. The number of benzene rings is 2. The first-order chi connectivity index (χ1) is 11.7. The number of aliphatic hydroxyl groups is 1. The van der Waals surface area contributed by atoms with Crippen LogP contribution in [0.5, 0.6) is 5.75 Å². The Hall–Kier alpha value is -1.11. The molecule has 1 fully saturated rings. The van der Waals surface area contributed by atoms with E-state index < -0.39 is 6.10 Å². The molecule has 3 rings (SSSR count). The molecule has 2 aromatic rings. The monoisotopic (exact) mass is 427 g/mol.